The summed E-state index contributed by atoms with van der Waals surface area (Å²) in [6.07, 6.45) is 4.63. The summed E-state index contributed by atoms with van der Waals surface area (Å²) in [6, 6.07) is 0. The fourth-order valence-corrected chi connectivity index (χ4v) is 0.705. The van der Waals surface area contributed by atoms with E-state index in [4.69, 9.17) is 0 Å². The van der Waals surface area contributed by atoms with Gasteiger partial charge in [0.05, 0.1) is 0 Å². The summed E-state index contributed by atoms with van der Waals surface area (Å²) in [7, 11) is 0. The zero-order valence-corrected chi connectivity index (χ0v) is 5.31. The average molecular weight is 145 g/mol. The Morgan fingerprint density at radius 1 is 1.60 bits per heavy atom. The minimum absolute atomic E-state index is 0.266. The summed E-state index contributed by atoms with van der Waals surface area (Å²) in [5, 5.41) is 0. The zero-order valence-electron chi connectivity index (χ0n) is 5.31. The highest BCUT2D eigenvalue weighted by Crippen LogP contribution is 2.17. The van der Waals surface area contributed by atoms with E-state index in [9.17, 15) is 8.78 Å². The Labute approximate surface area is 58.0 Å². The molecular formula is C7H7F2O. The van der Waals surface area contributed by atoms with Gasteiger partial charge in [0.2, 0.25) is 6.86 Å². The van der Waals surface area contributed by atoms with Crippen molar-refractivity contribution in [2.24, 2.45) is 0 Å². The lowest BCUT2D eigenvalue weighted by molar-refractivity contribution is 0.122. The first-order chi connectivity index (χ1) is 4.83. The van der Waals surface area contributed by atoms with Crippen LogP contribution in [0.5, 0.6) is 0 Å². The van der Waals surface area contributed by atoms with Gasteiger partial charge in [0.25, 0.3) is 0 Å². The number of rotatable bonds is 2. The van der Waals surface area contributed by atoms with Crippen LogP contribution >= 0.6 is 0 Å². The summed E-state index contributed by atoms with van der Waals surface area (Å²) in [5.41, 5.74) is 0. The van der Waals surface area contributed by atoms with Crippen molar-refractivity contribution in [2.45, 2.75) is 6.42 Å². The summed E-state index contributed by atoms with van der Waals surface area (Å²) in [6.45, 7) is -0.907. The van der Waals surface area contributed by atoms with Gasteiger partial charge in [0.1, 0.15) is 11.6 Å². The third kappa shape index (κ3) is 1.83. The van der Waals surface area contributed by atoms with Gasteiger partial charge < -0.3 is 4.74 Å². The van der Waals surface area contributed by atoms with Gasteiger partial charge in [-0.25, -0.2) is 8.78 Å². The topological polar surface area (TPSA) is 9.23 Å². The second-order valence-electron chi connectivity index (χ2n) is 1.83. The van der Waals surface area contributed by atoms with Crippen LogP contribution in [0.4, 0.5) is 8.78 Å². The van der Waals surface area contributed by atoms with Crippen molar-refractivity contribution >= 4 is 0 Å². The quantitative estimate of drug-likeness (QED) is 0.579. The summed E-state index contributed by atoms with van der Waals surface area (Å²) in [4.78, 5) is 0. The van der Waals surface area contributed by atoms with Crippen LogP contribution in [0.3, 0.4) is 0 Å². The lowest BCUT2D eigenvalue weighted by Gasteiger charge is -2.06. The van der Waals surface area contributed by atoms with E-state index in [0.717, 1.165) is 6.08 Å². The Morgan fingerprint density at radius 3 is 3.00 bits per heavy atom. The maximum absolute atomic E-state index is 12.3. The van der Waals surface area contributed by atoms with Crippen LogP contribution < -0.4 is 0 Å². The normalized spacial score (nSPS) is 17.8. The molecular weight excluding hydrogens is 138 g/mol. The molecule has 55 valence electrons. The van der Waals surface area contributed by atoms with Crippen LogP contribution in [0.15, 0.2) is 23.7 Å². The first kappa shape index (κ1) is 7.25. The molecule has 3 heteroatoms. The van der Waals surface area contributed by atoms with Crippen molar-refractivity contribution in [3.63, 3.8) is 0 Å². The Kier molecular flexibility index (Phi) is 2.42. The molecule has 0 heterocycles. The molecule has 0 aromatic rings. The molecule has 1 radical (unpaired) electrons. The van der Waals surface area contributed by atoms with Crippen LogP contribution in [0.2, 0.25) is 0 Å². The van der Waals surface area contributed by atoms with Crippen molar-refractivity contribution in [2.75, 3.05) is 6.86 Å². The van der Waals surface area contributed by atoms with Crippen LogP contribution in [0, 0.1) is 6.42 Å². The molecule has 0 amide bonds. The number of ether oxygens (including phenoxy) is 1. The molecule has 1 aliphatic rings. The van der Waals surface area contributed by atoms with E-state index in [1.807, 2.05) is 0 Å². The van der Waals surface area contributed by atoms with Crippen molar-refractivity contribution in [3.8, 4) is 0 Å². The lowest BCUT2D eigenvalue weighted by atomic mass is 10.1. The van der Waals surface area contributed by atoms with Crippen LogP contribution in [0.25, 0.3) is 0 Å². The second-order valence-corrected chi connectivity index (χ2v) is 1.83. The Bertz CT molecular complexity index is 172. The third-order valence-electron chi connectivity index (χ3n) is 1.13. The van der Waals surface area contributed by atoms with Crippen molar-refractivity contribution < 1.29 is 13.5 Å². The molecule has 0 aromatic heterocycles. The minimum atomic E-state index is -0.907. The molecule has 1 rings (SSSR count). The van der Waals surface area contributed by atoms with Gasteiger partial charge in [-0.05, 0) is 12.5 Å². The smallest absolute Gasteiger partial charge is 0.228 e. The van der Waals surface area contributed by atoms with Gasteiger partial charge in [0, 0.05) is 12.5 Å². The Balaban J connectivity index is 2.51. The Morgan fingerprint density at radius 2 is 2.40 bits per heavy atom. The van der Waals surface area contributed by atoms with Crippen LogP contribution in [0.1, 0.15) is 6.42 Å². The first-order valence-electron chi connectivity index (χ1n) is 2.92. The van der Waals surface area contributed by atoms with Crippen molar-refractivity contribution in [1.82, 2.24) is 0 Å². The summed E-state index contributed by atoms with van der Waals surface area (Å²) >= 11 is 0. The largest absolute Gasteiger partial charge is 0.463 e. The van der Waals surface area contributed by atoms with E-state index in [2.05, 4.69) is 4.74 Å². The van der Waals surface area contributed by atoms with Gasteiger partial charge in [-0.1, -0.05) is 0 Å². The van der Waals surface area contributed by atoms with Crippen molar-refractivity contribution in [3.05, 3.63) is 30.2 Å². The van der Waals surface area contributed by atoms with E-state index >= 15 is 0 Å². The summed E-state index contributed by atoms with van der Waals surface area (Å²) < 4.78 is 28.2. The van der Waals surface area contributed by atoms with E-state index < -0.39 is 6.86 Å². The molecule has 0 atom stereocenters. The SMILES string of the molecule is FCOC1=CC[CH]C(F)=C1. The monoisotopic (exact) mass is 145 g/mol. The maximum atomic E-state index is 12.3. The van der Waals surface area contributed by atoms with E-state index in [0.29, 0.717) is 6.42 Å². The highest BCUT2D eigenvalue weighted by atomic mass is 19.1. The van der Waals surface area contributed by atoms with Crippen LogP contribution in [-0.2, 0) is 4.74 Å². The number of hydrogen-bond donors (Lipinski definition) is 0. The predicted molar refractivity (Wildman–Crippen MR) is 33.3 cm³/mol. The second kappa shape index (κ2) is 3.34. The number of allylic oxidation sites excluding steroid dienone is 3. The van der Waals surface area contributed by atoms with Crippen LogP contribution in [-0.4, -0.2) is 6.86 Å². The molecule has 0 saturated heterocycles. The van der Waals surface area contributed by atoms with Crippen molar-refractivity contribution in [1.29, 1.82) is 0 Å². The van der Waals surface area contributed by atoms with Gasteiger partial charge >= 0.3 is 0 Å². The third-order valence-corrected chi connectivity index (χ3v) is 1.13. The Hall–Kier alpha value is -0.860. The van der Waals surface area contributed by atoms with Gasteiger partial charge in [-0.15, -0.1) is 0 Å². The molecule has 0 spiro atoms. The first-order valence-corrected chi connectivity index (χ1v) is 2.92. The fraction of sp³-hybridized carbons (Fsp3) is 0.286. The molecule has 0 saturated carbocycles. The molecule has 0 N–H and O–H groups in total. The number of hydrogen-bond acceptors (Lipinski definition) is 1. The van der Waals surface area contributed by atoms with Gasteiger partial charge in [0.15, 0.2) is 0 Å². The molecule has 0 fully saturated rings. The summed E-state index contributed by atoms with van der Waals surface area (Å²) in [5.74, 6) is -0.103. The fourth-order valence-electron chi connectivity index (χ4n) is 0.705. The van der Waals surface area contributed by atoms with E-state index in [1.165, 1.54) is 6.42 Å². The molecule has 0 bridgehead atoms. The minimum Gasteiger partial charge on any atom is -0.463 e. The van der Waals surface area contributed by atoms with E-state index in [1.54, 1.807) is 6.08 Å². The van der Waals surface area contributed by atoms with E-state index in [-0.39, 0.29) is 11.6 Å². The highest BCUT2D eigenvalue weighted by molar-refractivity contribution is 5.25. The molecule has 0 aliphatic heterocycles. The highest BCUT2D eigenvalue weighted by Gasteiger charge is 2.04. The molecule has 1 aliphatic carbocycles. The maximum Gasteiger partial charge on any atom is 0.228 e. The molecule has 0 aromatic carbocycles. The number of halogens is 2. The predicted octanol–water partition coefficient (Wildman–Crippen LogP) is 2.28. The zero-order chi connectivity index (χ0) is 7.40. The number of alkyl halides is 1. The average Bonchev–Trinajstić information content (AvgIpc) is 1.88. The standard InChI is InChI=1S/C7H7F2O/c8-5-10-7-3-1-2-6(9)4-7/h2-4H,1,5H2. The van der Waals surface area contributed by atoms with Gasteiger partial charge in [-0.3, -0.25) is 0 Å². The molecule has 1 nitrogen and oxygen atoms in total. The molecule has 10 heavy (non-hydrogen) atoms. The van der Waals surface area contributed by atoms with Gasteiger partial charge in [-0.2, -0.15) is 0 Å². The lowest BCUT2D eigenvalue weighted by Crippen LogP contribution is -1.93. The molecule has 0 unspecified atom stereocenters.